The molecule has 0 bridgehead atoms. The second-order valence-corrected chi connectivity index (χ2v) is 7.92. The summed E-state index contributed by atoms with van der Waals surface area (Å²) in [7, 11) is -3.99. The highest BCUT2D eigenvalue weighted by Crippen LogP contribution is 2.31. The van der Waals surface area contributed by atoms with Crippen LogP contribution >= 0.6 is 47.8 Å². The number of nitrogens with one attached hydrogen (secondary N) is 1. The number of carbonyl (C=O) groups is 1. The molecule has 112 valence electrons. The Hall–Kier alpha value is -0.840. The molecule has 0 unspecified atom stereocenters. The van der Waals surface area contributed by atoms with Gasteiger partial charge in [0.25, 0.3) is 10.0 Å². The first kappa shape index (κ1) is 16.5. The van der Waals surface area contributed by atoms with Gasteiger partial charge in [0.05, 0.1) is 5.69 Å². The quantitative estimate of drug-likeness (QED) is 0.655. The molecule has 0 aliphatic heterocycles. The Balaban J connectivity index is 2.41. The average molecular weight is 504 g/mol. The summed E-state index contributed by atoms with van der Waals surface area (Å²) in [5, 5.41) is 8.81. The Bertz CT molecular complexity index is 815. The van der Waals surface area contributed by atoms with Gasteiger partial charge in [0.2, 0.25) is 5.76 Å². The Morgan fingerprint density at radius 2 is 1.86 bits per heavy atom. The van der Waals surface area contributed by atoms with Gasteiger partial charge in [-0.05, 0) is 50.1 Å². The maximum absolute atomic E-state index is 12.3. The number of benzene rings is 1. The number of aromatic carboxylic acids is 1. The second-order valence-electron chi connectivity index (χ2n) is 3.78. The number of hydrogen-bond acceptors (Lipinski definition) is 4. The van der Waals surface area contributed by atoms with E-state index in [1.807, 2.05) is 0 Å². The standard InChI is InChI=1S/C11H6Br3NO5S/c12-5-1-2-7(6(13)3-5)15-21(18,19)9-4-8(11(16)17)20-10(9)14/h1-4,15H,(H,16,17). The molecular weight excluding hydrogens is 498 g/mol. The number of furan rings is 1. The number of sulfonamides is 1. The molecule has 21 heavy (non-hydrogen) atoms. The van der Waals surface area contributed by atoms with E-state index in [1.165, 1.54) is 0 Å². The lowest BCUT2D eigenvalue weighted by Gasteiger charge is -2.08. The Morgan fingerprint density at radius 1 is 1.19 bits per heavy atom. The van der Waals surface area contributed by atoms with E-state index in [1.54, 1.807) is 18.2 Å². The van der Waals surface area contributed by atoms with Crippen molar-refractivity contribution in [1.82, 2.24) is 0 Å². The summed E-state index contributed by atoms with van der Waals surface area (Å²) >= 11 is 9.39. The number of anilines is 1. The molecule has 1 heterocycles. The lowest BCUT2D eigenvalue weighted by molar-refractivity contribution is 0.0661. The van der Waals surface area contributed by atoms with Gasteiger partial charge in [-0.15, -0.1) is 0 Å². The zero-order valence-electron chi connectivity index (χ0n) is 9.93. The zero-order valence-corrected chi connectivity index (χ0v) is 15.5. The Morgan fingerprint density at radius 3 is 2.38 bits per heavy atom. The summed E-state index contributed by atoms with van der Waals surface area (Å²) in [6.45, 7) is 0. The van der Waals surface area contributed by atoms with Crippen LogP contribution in [-0.4, -0.2) is 19.5 Å². The smallest absolute Gasteiger partial charge is 0.371 e. The Labute approximate surface area is 145 Å². The number of hydrogen-bond donors (Lipinski definition) is 2. The maximum Gasteiger partial charge on any atom is 0.371 e. The zero-order chi connectivity index (χ0) is 15.8. The predicted octanol–water partition coefficient (Wildman–Crippen LogP) is 4.07. The van der Waals surface area contributed by atoms with Crippen LogP contribution in [0.25, 0.3) is 0 Å². The third-order valence-electron chi connectivity index (χ3n) is 2.33. The van der Waals surface area contributed by atoms with Crippen molar-refractivity contribution in [3.63, 3.8) is 0 Å². The lowest BCUT2D eigenvalue weighted by atomic mass is 10.3. The average Bonchev–Trinajstić information content (AvgIpc) is 2.76. The van der Waals surface area contributed by atoms with Crippen LogP contribution in [0.2, 0.25) is 0 Å². The molecule has 1 aromatic carbocycles. The summed E-state index contributed by atoms with van der Waals surface area (Å²) in [5.74, 6) is -1.83. The van der Waals surface area contributed by atoms with E-state index in [0.717, 1.165) is 10.5 Å². The number of carboxylic acids is 1. The van der Waals surface area contributed by atoms with Crippen LogP contribution in [0.1, 0.15) is 10.6 Å². The van der Waals surface area contributed by atoms with E-state index in [0.29, 0.717) is 10.2 Å². The van der Waals surface area contributed by atoms with E-state index >= 15 is 0 Å². The molecule has 1 aromatic heterocycles. The van der Waals surface area contributed by atoms with Crippen LogP contribution < -0.4 is 4.72 Å². The molecule has 10 heteroatoms. The van der Waals surface area contributed by atoms with Gasteiger partial charge in [-0.25, -0.2) is 13.2 Å². The molecule has 0 saturated carbocycles. The van der Waals surface area contributed by atoms with Gasteiger partial charge in [0.15, 0.2) is 4.67 Å². The van der Waals surface area contributed by atoms with Gasteiger partial charge in [0.1, 0.15) is 4.90 Å². The molecule has 6 nitrogen and oxygen atoms in total. The Kier molecular flexibility index (Phi) is 4.81. The van der Waals surface area contributed by atoms with E-state index < -0.39 is 21.8 Å². The van der Waals surface area contributed by atoms with Crippen molar-refractivity contribution in [2.75, 3.05) is 4.72 Å². The molecular formula is C11H6Br3NO5S. The molecule has 2 rings (SSSR count). The van der Waals surface area contributed by atoms with Crippen molar-refractivity contribution < 1.29 is 22.7 Å². The molecule has 0 radical (unpaired) electrons. The molecule has 0 amide bonds. The highest BCUT2D eigenvalue weighted by molar-refractivity contribution is 9.11. The summed E-state index contributed by atoms with van der Waals surface area (Å²) < 4.78 is 32.8. The summed E-state index contributed by atoms with van der Waals surface area (Å²) in [5.41, 5.74) is 0.308. The van der Waals surface area contributed by atoms with Crippen LogP contribution in [0.5, 0.6) is 0 Å². The van der Waals surface area contributed by atoms with E-state index in [2.05, 4.69) is 52.5 Å². The van der Waals surface area contributed by atoms with Crippen LogP contribution in [0.4, 0.5) is 5.69 Å². The molecule has 0 fully saturated rings. The van der Waals surface area contributed by atoms with Gasteiger partial charge >= 0.3 is 5.97 Å². The highest BCUT2D eigenvalue weighted by atomic mass is 79.9. The third kappa shape index (κ3) is 3.68. The van der Waals surface area contributed by atoms with Gasteiger partial charge in [-0.2, -0.15) is 0 Å². The fourth-order valence-electron chi connectivity index (χ4n) is 1.41. The van der Waals surface area contributed by atoms with E-state index in [4.69, 9.17) is 9.52 Å². The largest absolute Gasteiger partial charge is 0.475 e. The normalized spacial score (nSPS) is 11.4. The summed E-state index contributed by atoms with van der Waals surface area (Å²) in [6, 6.07) is 5.82. The summed E-state index contributed by atoms with van der Waals surface area (Å²) in [6.07, 6.45) is 0. The summed E-state index contributed by atoms with van der Waals surface area (Å²) in [4.78, 5) is 10.5. The first-order valence-electron chi connectivity index (χ1n) is 5.21. The maximum atomic E-state index is 12.3. The van der Waals surface area contributed by atoms with Gasteiger partial charge in [-0.1, -0.05) is 15.9 Å². The SMILES string of the molecule is O=C(O)c1cc(S(=O)(=O)Nc2ccc(Br)cc2Br)c(Br)o1. The molecule has 2 aromatic rings. The molecule has 0 aliphatic carbocycles. The minimum atomic E-state index is -3.99. The third-order valence-corrected chi connectivity index (χ3v) is 5.70. The van der Waals surface area contributed by atoms with Crippen LogP contribution in [0.15, 0.2) is 47.2 Å². The van der Waals surface area contributed by atoms with Gasteiger partial charge in [0, 0.05) is 15.0 Å². The fraction of sp³-hybridized carbons (Fsp3) is 0. The van der Waals surface area contributed by atoms with Crippen LogP contribution in [-0.2, 0) is 10.0 Å². The van der Waals surface area contributed by atoms with Crippen molar-refractivity contribution in [2.45, 2.75) is 4.90 Å². The molecule has 0 saturated heterocycles. The van der Waals surface area contributed by atoms with E-state index in [-0.39, 0.29) is 9.56 Å². The van der Waals surface area contributed by atoms with Crippen molar-refractivity contribution in [1.29, 1.82) is 0 Å². The fourth-order valence-corrected chi connectivity index (χ4v) is 4.71. The van der Waals surface area contributed by atoms with Crippen molar-refractivity contribution in [3.8, 4) is 0 Å². The minimum Gasteiger partial charge on any atom is -0.475 e. The van der Waals surface area contributed by atoms with Crippen LogP contribution in [0, 0.1) is 0 Å². The van der Waals surface area contributed by atoms with E-state index in [9.17, 15) is 13.2 Å². The topological polar surface area (TPSA) is 96.6 Å². The van der Waals surface area contributed by atoms with Crippen molar-refractivity contribution >= 4 is 69.5 Å². The number of rotatable bonds is 4. The molecule has 2 N–H and O–H groups in total. The number of halogens is 3. The van der Waals surface area contributed by atoms with Gasteiger partial charge < -0.3 is 9.52 Å². The molecule has 0 aliphatic rings. The highest BCUT2D eigenvalue weighted by Gasteiger charge is 2.25. The number of carboxylic acid groups (broad SMARTS) is 1. The van der Waals surface area contributed by atoms with Crippen molar-refractivity contribution in [2.24, 2.45) is 0 Å². The van der Waals surface area contributed by atoms with Gasteiger partial charge in [-0.3, -0.25) is 4.72 Å². The molecule has 0 atom stereocenters. The predicted molar refractivity (Wildman–Crippen MR) is 86.0 cm³/mol. The monoisotopic (exact) mass is 501 g/mol. The second kappa shape index (κ2) is 6.11. The van der Waals surface area contributed by atoms with Crippen molar-refractivity contribution in [3.05, 3.63) is 43.6 Å². The molecule has 0 spiro atoms. The minimum absolute atomic E-state index is 0.180. The first-order chi connectivity index (χ1) is 9.70. The first-order valence-corrected chi connectivity index (χ1v) is 9.07. The lowest BCUT2D eigenvalue weighted by Crippen LogP contribution is -2.13. The van der Waals surface area contributed by atoms with Crippen LogP contribution in [0.3, 0.4) is 0 Å².